The normalized spacial score (nSPS) is 10.2. The van der Waals surface area contributed by atoms with Gasteiger partial charge < -0.3 is 15.8 Å². The van der Waals surface area contributed by atoms with Gasteiger partial charge in [-0.3, -0.25) is 15.1 Å². The Balaban J connectivity index is 0.00000220. The number of aliphatic hydroxyl groups is 1. The number of amides is 1. The Morgan fingerprint density at radius 1 is 1.48 bits per heavy atom. The van der Waals surface area contributed by atoms with E-state index in [2.05, 4.69) is 4.98 Å². The topological polar surface area (TPSA) is 106 Å². The highest BCUT2D eigenvalue weighted by molar-refractivity contribution is 6.35. The van der Waals surface area contributed by atoms with Crippen LogP contribution in [-0.4, -0.2) is 40.0 Å². The number of nitrogens with zero attached hydrogens (tertiary/aromatic N) is 1. The Morgan fingerprint density at radius 2 is 2.19 bits per heavy atom. The molecule has 1 heterocycles. The van der Waals surface area contributed by atoms with Crippen molar-refractivity contribution in [2.45, 2.75) is 6.42 Å². The number of aliphatic hydroxyl groups excluding tert-OH is 1. The van der Waals surface area contributed by atoms with Gasteiger partial charge >= 0.3 is 0 Å². The zero-order valence-electron chi connectivity index (χ0n) is 11.1. The minimum absolute atomic E-state index is 0. The maximum absolute atomic E-state index is 12.3. The van der Waals surface area contributed by atoms with E-state index in [1.54, 1.807) is 18.2 Å². The first-order chi connectivity index (χ1) is 9.54. The number of rotatable bonds is 4. The summed E-state index contributed by atoms with van der Waals surface area (Å²) in [5.74, 6) is -0.772. The third kappa shape index (κ3) is 3.66. The Labute approximate surface area is 132 Å². The molecule has 0 saturated carbocycles. The number of nitrogens with two attached hydrogens (primary N) is 1. The molecule has 6 nitrogen and oxygen atoms in total. The van der Waals surface area contributed by atoms with Gasteiger partial charge in [0.25, 0.3) is 5.91 Å². The van der Waals surface area contributed by atoms with Crippen LogP contribution in [0.1, 0.15) is 16.9 Å². The number of carbonyl (C=O) groups is 1. The van der Waals surface area contributed by atoms with Gasteiger partial charge in [0.2, 0.25) is 0 Å². The van der Waals surface area contributed by atoms with Gasteiger partial charge in [-0.25, -0.2) is 0 Å². The number of nitrogens with one attached hydrogen (secondary N) is 2. The molecule has 0 aliphatic heterocycles. The molecule has 21 heavy (non-hydrogen) atoms. The van der Waals surface area contributed by atoms with Crippen LogP contribution in [-0.2, 0) is 0 Å². The van der Waals surface area contributed by atoms with Gasteiger partial charge in [-0.2, -0.15) is 0 Å². The molecule has 0 unspecified atom stereocenters. The van der Waals surface area contributed by atoms with E-state index in [0.29, 0.717) is 17.1 Å². The number of hydrogen-bond acceptors (Lipinski definition) is 3. The minimum atomic E-state index is -0.418. The van der Waals surface area contributed by atoms with Crippen LogP contribution in [0.3, 0.4) is 0 Å². The molecule has 2 rings (SSSR count). The van der Waals surface area contributed by atoms with Crippen molar-refractivity contribution in [1.29, 1.82) is 5.41 Å². The fraction of sp³-hybridized carbons (Fsp3) is 0.231. The van der Waals surface area contributed by atoms with E-state index >= 15 is 0 Å². The number of H-pyrrole nitrogens is 1. The zero-order chi connectivity index (χ0) is 14.7. The second-order valence-corrected chi connectivity index (χ2v) is 4.71. The molecule has 0 spiro atoms. The van der Waals surface area contributed by atoms with Crippen LogP contribution in [0.15, 0.2) is 24.3 Å². The Morgan fingerprint density at radius 3 is 2.76 bits per heavy atom. The Hall–Kier alpha value is -1.76. The fourth-order valence-electron chi connectivity index (χ4n) is 1.94. The second-order valence-electron chi connectivity index (χ2n) is 4.30. The summed E-state index contributed by atoms with van der Waals surface area (Å²) >= 11 is 6.06. The van der Waals surface area contributed by atoms with E-state index < -0.39 is 5.91 Å². The summed E-state index contributed by atoms with van der Waals surface area (Å²) in [6.07, 6.45) is 0.353. The summed E-state index contributed by atoms with van der Waals surface area (Å²) in [5, 5.41) is 17.6. The monoisotopic (exact) mass is 330 g/mol. The molecule has 5 N–H and O–H groups in total. The maximum Gasteiger partial charge on any atom is 0.277 e. The van der Waals surface area contributed by atoms with E-state index in [4.69, 9.17) is 27.9 Å². The Bertz CT molecular complexity index is 657. The summed E-state index contributed by atoms with van der Waals surface area (Å²) in [6, 6.07) is 6.96. The van der Waals surface area contributed by atoms with Gasteiger partial charge in [-0.05, 0) is 24.6 Å². The SMILES string of the molecule is Cl.N=C(N)N(CCCO)C(=O)c1cc2c(Cl)cccc2[nH]1. The molecule has 0 aliphatic rings. The summed E-state index contributed by atoms with van der Waals surface area (Å²) in [5.41, 5.74) is 6.46. The van der Waals surface area contributed by atoms with Crippen molar-refractivity contribution >= 4 is 46.8 Å². The predicted molar refractivity (Wildman–Crippen MR) is 85.2 cm³/mol. The van der Waals surface area contributed by atoms with Gasteiger partial charge in [0.15, 0.2) is 5.96 Å². The average molecular weight is 331 g/mol. The van der Waals surface area contributed by atoms with Crippen molar-refractivity contribution in [3.05, 3.63) is 35.0 Å². The van der Waals surface area contributed by atoms with Crippen molar-refractivity contribution in [2.75, 3.05) is 13.2 Å². The van der Waals surface area contributed by atoms with Crippen molar-refractivity contribution in [3.63, 3.8) is 0 Å². The fourth-order valence-corrected chi connectivity index (χ4v) is 2.17. The number of aromatic nitrogens is 1. The molecule has 0 bridgehead atoms. The Kier molecular flexibility index (Phi) is 6.02. The van der Waals surface area contributed by atoms with Gasteiger partial charge in [-0.1, -0.05) is 17.7 Å². The van der Waals surface area contributed by atoms with Crippen molar-refractivity contribution < 1.29 is 9.90 Å². The number of halogens is 2. The molecule has 2 aromatic rings. The van der Waals surface area contributed by atoms with Crippen LogP contribution in [0.5, 0.6) is 0 Å². The number of benzene rings is 1. The molecule has 0 saturated heterocycles. The molecule has 0 atom stereocenters. The van der Waals surface area contributed by atoms with Crippen LogP contribution < -0.4 is 5.73 Å². The molecule has 114 valence electrons. The van der Waals surface area contributed by atoms with E-state index in [-0.39, 0.29) is 31.5 Å². The highest BCUT2D eigenvalue weighted by atomic mass is 35.5. The summed E-state index contributed by atoms with van der Waals surface area (Å²) < 4.78 is 0. The second kappa shape index (κ2) is 7.31. The van der Waals surface area contributed by atoms with Gasteiger partial charge in [0, 0.05) is 29.1 Å². The summed E-state index contributed by atoms with van der Waals surface area (Å²) in [7, 11) is 0. The third-order valence-electron chi connectivity index (χ3n) is 2.92. The van der Waals surface area contributed by atoms with Crippen LogP contribution in [0, 0.1) is 5.41 Å². The van der Waals surface area contributed by atoms with Crippen molar-refractivity contribution in [2.24, 2.45) is 5.73 Å². The van der Waals surface area contributed by atoms with E-state index in [9.17, 15) is 4.79 Å². The maximum atomic E-state index is 12.3. The number of hydrogen-bond donors (Lipinski definition) is 4. The number of aromatic amines is 1. The molecule has 0 radical (unpaired) electrons. The molecule has 8 heteroatoms. The first-order valence-corrected chi connectivity index (χ1v) is 6.46. The lowest BCUT2D eigenvalue weighted by Crippen LogP contribution is -2.42. The zero-order valence-corrected chi connectivity index (χ0v) is 12.7. The highest BCUT2D eigenvalue weighted by Crippen LogP contribution is 2.24. The minimum Gasteiger partial charge on any atom is -0.396 e. The molecule has 1 amide bonds. The quantitative estimate of drug-likeness (QED) is 0.508. The molecule has 0 fully saturated rings. The highest BCUT2D eigenvalue weighted by Gasteiger charge is 2.20. The van der Waals surface area contributed by atoms with E-state index in [1.807, 2.05) is 6.07 Å². The first-order valence-electron chi connectivity index (χ1n) is 6.08. The standard InChI is InChI=1S/C13H15ClN4O2.ClH/c14-9-3-1-4-10-8(9)7-11(17-10)12(20)18(13(15)16)5-2-6-19;/h1,3-4,7,17,19H,2,5-6H2,(H3,15,16);1H. The van der Waals surface area contributed by atoms with Gasteiger partial charge in [0.1, 0.15) is 5.69 Å². The molecule has 0 aliphatic carbocycles. The van der Waals surface area contributed by atoms with Gasteiger partial charge in [-0.15, -0.1) is 12.4 Å². The lowest BCUT2D eigenvalue weighted by Gasteiger charge is -2.19. The lowest BCUT2D eigenvalue weighted by atomic mass is 10.2. The number of carbonyl (C=O) groups excluding carboxylic acids is 1. The van der Waals surface area contributed by atoms with E-state index in [0.717, 1.165) is 15.8 Å². The van der Waals surface area contributed by atoms with E-state index in [1.165, 1.54) is 0 Å². The van der Waals surface area contributed by atoms with Crippen molar-refractivity contribution in [1.82, 2.24) is 9.88 Å². The van der Waals surface area contributed by atoms with Crippen LogP contribution in [0.2, 0.25) is 5.02 Å². The van der Waals surface area contributed by atoms with Crippen LogP contribution in [0.25, 0.3) is 10.9 Å². The predicted octanol–water partition coefficient (Wildman–Crippen LogP) is 1.96. The van der Waals surface area contributed by atoms with Crippen LogP contribution >= 0.6 is 24.0 Å². The lowest BCUT2D eigenvalue weighted by molar-refractivity contribution is 0.0833. The molecule has 1 aromatic carbocycles. The summed E-state index contributed by atoms with van der Waals surface area (Å²) in [6.45, 7) is 0.114. The number of guanidine groups is 1. The smallest absolute Gasteiger partial charge is 0.277 e. The van der Waals surface area contributed by atoms with Crippen molar-refractivity contribution in [3.8, 4) is 0 Å². The van der Waals surface area contributed by atoms with Crippen LogP contribution in [0.4, 0.5) is 0 Å². The average Bonchev–Trinajstić information content (AvgIpc) is 2.84. The summed E-state index contributed by atoms with van der Waals surface area (Å²) in [4.78, 5) is 16.4. The molecular weight excluding hydrogens is 315 g/mol. The first kappa shape index (κ1) is 17.3. The van der Waals surface area contributed by atoms with Gasteiger partial charge in [0.05, 0.1) is 0 Å². The third-order valence-corrected chi connectivity index (χ3v) is 3.25. The molecule has 1 aromatic heterocycles. The largest absolute Gasteiger partial charge is 0.396 e. The molecular formula is C13H16Cl2N4O2. The number of fused-ring (bicyclic) bond motifs is 1.